The van der Waals surface area contributed by atoms with Crippen LogP contribution in [0.3, 0.4) is 0 Å². The maximum atomic E-state index is 12.8. The van der Waals surface area contributed by atoms with Crippen LogP contribution in [0.1, 0.15) is 33.6 Å². The van der Waals surface area contributed by atoms with Crippen molar-refractivity contribution in [2.75, 3.05) is 18.4 Å². The number of rotatable bonds is 5. The average molecular weight is 470 g/mol. The number of fused-ring (bicyclic) bond motifs is 2. The zero-order valence-electron chi connectivity index (χ0n) is 18.0. The summed E-state index contributed by atoms with van der Waals surface area (Å²) in [4.78, 5) is 11.6. The van der Waals surface area contributed by atoms with Crippen LogP contribution in [0.25, 0.3) is 16.3 Å². The number of hydrogen-bond donors (Lipinski definition) is 1. The van der Waals surface area contributed by atoms with E-state index in [9.17, 15) is 18.4 Å². The van der Waals surface area contributed by atoms with Crippen LogP contribution >= 0.6 is 11.3 Å². The number of halogens is 3. The van der Waals surface area contributed by atoms with Gasteiger partial charge in [-0.05, 0) is 47.7 Å². The Hall–Kier alpha value is -2.96. The fourth-order valence-electron chi connectivity index (χ4n) is 4.69. The number of benzene rings is 1. The van der Waals surface area contributed by atoms with E-state index in [1.165, 1.54) is 28.6 Å². The lowest BCUT2D eigenvalue weighted by atomic mass is 9.98. The van der Waals surface area contributed by atoms with Gasteiger partial charge in [0.05, 0.1) is 17.9 Å². The van der Waals surface area contributed by atoms with Gasteiger partial charge in [0.1, 0.15) is 17.0 Å². The van der Waals surface area contributed by atoms with Gasteiger partial charge < -0.3 is 5.32 Å². The van der Waals surface area contributed by atoms with Gasteiger partial charge in [-0.1, -0.05) is 12.1 Å². The smallest absolute Gasteiger partial charge is 0.365 e. The van der Waals surface area contributed by atoms with Crippen molar-refractivity contribution in [3.8, 4) is 6.07 Å². The minimum Gasteiger partial charge on any atom is -0.365 e. The van der Waals surface area contributed by atoms with Crippen molar-refractivity contribution in [3.05, 3.63) is 57.2 Å². The topological polar surface area (TPSA) is 64.8 Å². The summed E-state index contributed by atoms with van der Waals surface area (Å²) in [6.45, 7) is 4.68. The number of anilines is 1. The van der Waals surface area contributed by atoms with Gasteiger partial charge in [0, 0.05) is 42.5 Å². The highest BCUT2D eigenvalue weighted by molar-refractivity contribution is 7.18. The molecule has 5 nitrogen and oxygen atoms in total. The van der Waals surface area contributed by atoms with Crippen LogP contribution in [0, 0.1) is 18.3 Å². The minimum atomic E-state index is -4.24. The largest absolute Gasteiger partial charge is 0.393 e. The summed E-state index contributed by atoms with van der Waals surface area (Å²) in [5.41, 5.74) is 5.67. The molecule has 2 aliphatic rings. The molecule has 1 atom stereocenters. The lowest BCUT2D eigenvalue weighted by Gasteiger charge is -2.19. The third-order valence-corrected chi connectivity index (χ3v) is 7.37. The number of hydrogen-bond acceptors (Lipinski definition) is 6. The molecule has 0 radical (unpaired) electrons. The molecule has 0 amide bonds. The van der Waals surface area contributed by atoms with Crippen LogP contribution in [0.15, 0.2) is 30.1 Å². The predicted molar refractivity (Wildman–Crippen MR) is 123 cm³/mol. The van der Waals surface area contributed by atoms with E-state index in [2.05, 4.69) is 45.3 Å². The fourth-order valence-corrected chi connectivity index (χ4v) is 5.72. The average Bonchev–Trinajstić information content (AvgIpc) is 3.47. The van der Waals surface area contributed by atoms with Gasteiger partial charge in [-0.15, -0.1) is 11.3 Å². The molecule has 1 unspecified atom stereocenters. The summed E-state index contributed by atoms with van der Waals surface area (Å²) in [6, 6.07) is 8.26. The SMILES string of the molecule is Cc1c(CN2CCC(Nc3ncnc4sc(CC(F)(F)F)cc34)C2)ccc2c1C=C(C#N)C2. The third kappa shape index (κ3) is 4.59. The maximum absolute atomic E-state index is 12.8. The molecule has 1 saturated heterocycles. The van der Waals surface area contributed by atoms with Gasteiger partial charge in [-0.25, -0.2) is 9.97 Å². The van der Waals surface area contributed by atoms with Crippen molar-refractivity contribution >= 4 is 33.4 Å². The van der Waals surface area contributed by atoms with Crippen molar-refractivity contribution in [1.29, 1.82) is 5.26 Å². The summed E-state index contributed by atoms with van der Waals surface area (Å²) in [5.74, 6) is 0.597. The predicted octanol–water partition coefficient (Wildman–Crippen LogP) is 5.25. The Kier molecular flexibility index (Phi) is 5.59. The second-order valence-electron chi connectivity index (χ2n) is 8.69. The third-order valence-electron chi connectivity index (χ3n) is 6.32. The highest BCUT2D eigenvalue weighted by Crippen LogP contribution is 2.34. The Bertz CT molecular complexity index is 1290. The van der Waals surface area contributed by atoms with Gasteiger partial charge in [0.25, 0.3) is 0 Å². The quantitative estimate of drug-likeness (QED) is 0.553. The van der Waals surface area contributed by atoms with Gasteiger partial charge in [0.2, 0.25) is 0 Å². The first-order valence-electron chi connectivity index (χ1n) is 10.8. The van der Waals surface area contributed by atoms with Crippen molar-refractivity contribution in [2.24, 2.45) is 0 Å². The molecule has 0 spiro atoms. The standard InChI is InChI=1S/C24H22F3N5S/c1-14-17(3-2-16-6-15(10-28)7-20(14)16)11-32-5-4-18(12-32)31-22-21-8-19(9-24(25,26)27)33-23(21)30-13-29-22/h2-3,7-8,13,18H,4-6,9,11-12H2,1H3,(H,29,30,31). The summed E-state index contributed by atoms with van der Waals surface area (Å²) in [7, 11) is 0. The Balaban J connectivity index is 1.27. The van der Waals surface area contributed by atoms with Crippen LogP contribution in [0.4, 0.5) is 19.0 Å². The number of nitriles is 1. The highest BCUT2D eigenvalue weighted by Gasteiger charge is 2.29. The van der Waals surface area contributed by atoms with Crippen molar-refractivity contribution < 1.29 is 13.2 Å². The molecule has 9 heteroatoms. The molecule has 3 aromatic rings. The summed E-state index contributed by atoms with van der Waals surface area (Å²) in [6.07, 6.45) is -0.152. The van der Waals surface area contributed by atoms with Crippen molar-refractivity contribution in [1.82, 2.24) is 14.9 Å². The first-order valence-corrected chi connectivity index (χ1v) is 11.6. The monoisotopic (exact) mass is 469 g/mol. The number of likely N-dealkylation sites (tertiary alicyclic amines) is 1. The molecule has 3 heterocycles. The molecule has 1 aliphatic heterocycles. The number of thiophene rings is 1. The lowest BCUT2D eigenvalue weighted by molar-refractivity contribution is -0.126. The molecule has 2 aromatic heterocycles. The first-order chi connectivity index (χ1) is 15.8. The second-order valence-corrected chi connectivity index (χ2v) is 9.81. The lowest BCUT2D eigenvalue weighted by Crippen LogP contribution is -2.26. The number of nitrogens with one attached hydrogen (secondary N) is 1. The number of aromatic nitrogens is 2. The summed E-state index contributed by atoms with van der Waals surface area (Å²) >= 11 is 1.07. The van der Waals surface area contributed by atoms with E-state index >= 15 is 0 Å². The van der Waals surface area contributed by atoms with Crippen LogP contribution in [0.2, 0.25) is 0 Å². The number of nitrogens with zero attached hydrogens (tertiary/aromatic N) is 4. The molecule has 1 aliphatic carbocycles. The summed E-state index contributed by atoms with van der Waals surface area (Å²) < 4.78 is 38.4. The molecule has 170 valence electrons. The molecule has 33 heavy (non-hydrogen) atoms. The van der Waals surface area contributed by atoms with E-state index in [0.29, 0.717) is 22.5 Å². The molecule has 5 rings (SSSR count). The van der Waals surface area contributed by atoms with E-state index in [-0.39, 0.29) is 10.9 Å². The Labute approximate surface area is 193 Å². The summed E-state index contributed by atoms with van der Waals surface area (Å²) in [5, 5.41) is 13.3. The number of alkyl halides is 3. The van der Waals surface area contributed by atoms with E-state index in [0.717, 1.165) is 43.0 Å². The Morgan fingerprint density at radius 1 is 1.30 bits per heavy atom. The molecule has 1 fully saturated rings. The number of allylic oxidation sites excluding steroid dienone is 1. The zero-order chi connectivity index (χ0) is 23.2. The maximum Gasteiger partial charge on any atom is 0.393 e. The van der Waals surface area contributed by atoms with Gasteiger partial charge in [-0.3, -0.25) is 4.90 Å². The van der Waals surface area contributed by atoms with Gasteiger partial charge >= 0.3 is 6.18 Å². The van der Waals surface area contributed by atoms with Crippen molar-refractivity contribution in [2.45, 2.75) is 44.9 Å². The van der Waals surface area contributed by atoms with Crippen LogP contribution in [-0.4, -0.2) is 40.2 Å². The van der Waals surface area contributed by atoms with E-state index < -0.39 is 12.6 Å². The minimum absolute atomic E-state index is 0.161. The molecule has 1 aromatic carbocycles. The zero-order valence-corrected chi connectivity index (χ0v) is 18.9. The van der Waals surface area contributed by atoms with E-state index in [1.807, 2.05) is 6.08 Å². The fraction of sp³-hybridized carbons (Fsp3) is 0.375. The molecular formula is C24H22F3N5S. The van der Waals surface area contributed by atoms with Crippen LogP contribution in [-0.2, 0) is 19.4 Å². The second kappa shape index (κ2) is 8.43. The normalized spacial score (nSPS) is 18.4. The van der Waals surface area contributed by atoms with Crippen molar-refractivity contribution in [3.63, 3.8) is 0 Å². The Morgan fingerprint density at radius 3 is 2.94 bits per heavy atom. The molecule has 0 saturated carbocycles. The van der Waals surface area contributed by atoms with E-state index in [4.69, 9.17) is 0 Å². The molecule has 1 N–H and O–H groups in total. The van der Waals surface area contributed by atoms with Crippen LogP contribution < -0.4 is 5.32 Å². The Morgan fingerprint density at radius 2 is 2.15 bits per heavy atom. The highest BCUT2D eigenvalue weighted by atomic mass is 32.1. The van der Waals surface area contributed by atoms with Crippen LogP contribution in [0.5, 0.6) is 0 Å². The van der Waals surface area contributed by atoms with Gasteiger partial charge in [-0.2, -0.15) is 18.4 Å². The molecule has 0 bridgehead atoms. The van der Waals surface area contributed by atoms with Gasteiger partial charge in [0.15, 0.2) is 0 Å². The first kappa shape index (κ1) is 21.9. The molecular weight excluding hydrogens is 447 g/mol. The van der Waals surface area contributed by atoms with E-state index in [1.54, 1.807) is 6.07 Å².